The third-order valence-electron chi connectivity index (χ3n) is 8.38. The Kier molecular flexibility index (Phi) is 6.21. The number of hydrogen-bond acceptors (Lipinski definition) is 5. The first-order valence-electron chi connectivity index (χ1n) is 13.5. The predicted molar refractivity (Wildman–Crippen MR) is 144 cm³/mol. The van der Waals surface area contributed by atoms with Gasteiger partial charge in [0.1, 0.15) is 0 Å². The molecule has 0 bridgehead atoms. The number of hydrogen-bond donors (Lipinski definition) is 0. The van der Waals surface area contributed by atoms with E-state index < -0.39 is 0 Å². The maximum absolute atomic E-state index is 12.5. The average Bonchev–Trinajstić information content (AvgIpc) is 3.66. The van der Waals surface area contributed by atoms with Crippen molar-refractivity contribution in [3.05, 3.63) is 54.4 Å². The van der Waals surface area contributed by atoms with Crippen LogP contribution in [0.3, 0.4) is 0 Å². The third kappa shape index (κ3) is 4.50. The van der Waals surface area contributed by atoms with E-state index in [2.05, 4.69) is 88.2 Å². The number of carbonyl (C=O) groups is 1. The minimum atomic E-state index is 0.302. The van der Waals surface area contributed by atoms with Crippen LogP contribution in [0.2, 0.25) is 0 Å². The first-order chi connectivity index (χ1) is 17.5. The highest BCUT2D eigenvalue weighted by atomic mass is 16.2. The maximum Gasteiger partial charge on any atom is 0.225 e. The molecule has 1 atom stereocenters. The second kappa shape index (κ2) is 9.52. The molecule has 3 aliphatic rings. The van der Waals surface area contributed by atoms with E-state index in [1.807, 2.05) is 10.7 Å². The molecule has 3 aromatic rings. The molecule has 6 rings (SSSR count). The number of amides is 1. The number of nitrogens with zero attached hydrogens (tertiary/aromatic N) is 6. The van der Waals surface area contributed by atoms with Gasteiger partial charge < -0.3 is 9.80 Å². The molecule has 1 aromatic carbocycles. The van der Waals surface area contributed by atoms with E-state index in [1.54, 1.807) is 0 Å². The van der Waals surface area contributed by atoms with Gasteiger partial charge in [-0.25, -0.2) is 4.52 Å². The topological polar surface area (TPSA) is 47.3 Å². The van der Waals surface area contributed by atoms with Gasteiger partial charge in [-0.2, -0.15) is 5.10 Å². The van der Waals surface area contributed by atoms with Crippen molar-refractivity contribution in [2.24, 2.45) is 5.92 Å². The molecular weight excluding hydrogens is 448 g/mol. The summed E-state index contributed by atoms with van der Waals surface area (Å²) in [6, 6.07) is 14.5. The zero-order chi connectivity index (χ0) is 24.8. The van der Waals surface area contributed by atoms with Crippen LogP contribution in [0.1, 0.15) is 38.3 Å². The van der Waals surface area contributed by atoms with Crippen LogP contribution in [0.25, 0.3) is 16.6 Å². The Morgan fingerprint density at radius 2 is 1.69 bits per heavy atom. The number of likely N-dealkylation sites (N-methyl/N-ethyl adjacent to an activating group) is 1. The molecule has 7 heteroatoms. The van der Waals surface area contributed by atoms with Crippen molar-refractivity contribution in [3.63, 3.8) is 0 Å². The van der Waals surface area contributed by atoms with Gasteiger partial charge in [-0.05, 0) is 57.0 Å². The van der Waals surface area contributed by atoms with E-state index in [4.69, 9.17) is 0 Å². The van der Waals surface area contributed by atoms with Crippen LogP contribution < -0.4 is 4.90 Å². The Bertz CT molecular complexity index is 1220. The molecule has 4 heterocycles. The lowest BCUT2D eigenvalue weighted by atomic mass is 9.99. The molecular formula is C29H38N6O. The van der Waals surface area contributed by atoms with Crippen LogP contribution in [0, 0.1) is 5.92 Å². The van der Waals surface area contributed by atoms with E-state index in [0.717, 1.165) is 64.2 Å². The van der Waals surface area contributed by atoms with Gasteiger partial charge in [-0.15, -0.1) is 0 Å². The van der Waals surface area contributed by atoms with Crippen molar-refractivity contribution in [1.29, 1.82) is 0 Å². The SMILES string of the molecule is CC(C)N1CCN(C)C(c2ccc(-c3cc4c(N5CCN(C(=O)C6CC6)CC5)ccnn4c3)cc2)C1. The quantitative estimate of drug-likeness (QED) is 0.550. The van der Waals surface area contributed by atoms with Gasteiger partial charge in [0.05, 0.1) is 11.2 Å². The molecule has 0 spiro atoms. The van der Waals surface area contributed by atoms with Crippen molar-refractivity contribution in [1.82, 2.24) is 24.3 Å². The van der Waals surface area contributed by atoms with Crippen molar-refractivity contribution in [2.45, 2.75) is 38.8 Å². The number of fused-ring (bicyclic) bond motifs is 1. The highest BCUT2D eigenvalue weighted by Gasteiger charge is 2.35. The van der Waals surface area contributed by atoms with Gasteiger partial charge in [0.15, 0.2) is 0 Å². The maximum atomic E-state index is 12.5. The fourth-order valence-corrected chi connectivity index (χ4v) is 5.80. The first kappa shape index (κ1) is 23.5. The summed E-state index contributed by atoms with van der Waals surface area (Å²) in [7, 11) is 2.24. The van der Waals surface area contributed by atoms with Gasteiger partial charge >= 0.3 is 0 Å². The molecule has 7 nitrogen and oxygen atoms in total. The fourth-order valence-electron chi connectivity index (χ4n) is 5.80. The van der Waals surface area contributed by atoms with Crippen molar-refractivity contribution in [3.8, 4) is 11.1 Å². The first-order valence-corrected chi connectivity index (χ1v) is 13.5. The van der Waals surface area contributed by atoms with Gasteiger partial charge in [-0.3, -0.25) is 14.6 Å². The second-order valence-corrected chi connectivity index (χ2v) is 11.1. The Labute approximate surface area is 214 Å². The highest BCUT2D eigenvalue weighted by Crippen LogP contribution is 2.33. The lowest BCUT2D eigenvalue weighted by molar-refractivity contribution is -0.132. The number of carbonyl (C=O) groups excluding carboxylic acids is 1. The fraction of sp³-hybridized carbons (Fsp3) is 0.517. The van der Waals surface area contributed by atoms with Crippen LogP contribution in [0.5, 0.6) is 0 Å². The van der Waals surface area contributed by atoms with Crippen molar-refractivity contribution in [2.75, 3.05) is 57.8 Å². The summed E-state index contributed by atoms with van der Waals surface area (Å²) in [6.07, 6.45) is 6.17. The number of aromatic nitrogens is 2. The number of piperazine rings is 2. The molecule has 1 saturated carbocycles. The summed E-state index contributed by atoms with van der Waals surface area (Å²) in [5.74, 6) is 0.663. The van der Waals surface area contributed by atoms with Crippen LogP contribution >= 0.6 is 0 Å². The van der Waals surface area contributed by atoms with Crippen molar-refractivity contribution >= 4 is 17.1 Å². The predicted octanol–water partition coefficient (Wildman–Crippen LogP) is 3.76. The summed E-state index contributed by atoms with van der Waals surface area (Å²) in [6.45, 7) is 11.3. The van der Waals surface area contributed by atoms with Gasteiger partial charge in [0, 0.05) is 81.8 Å². The zero-order valence-corrected chi connectivity index (χ0v) is 21.8. The molecule has 2 aromatic heterocycles. The zero-order valence-electron chi connectivity index (χ0n) is 21.8. The van der Waals surface area contributed by atoms with E-state index in [1.165, 1.54) is 22.4 Å². The molecule has 1 unspecified atom stereocenters. The van der Waals surface area contributed by atoms with E-state index in [9.17, 15) is 4.79 Å². The van der Waals surface area contributed by atoms with Gasteiger partial charge in [0.2, 0.25) is 5.91 Å². The minimum Gasteiger partial charge on any atom is -0.366 e. The molecule has 0 radical (unpaired) electrons. The van der Waals surface area contributed by atoms with E-state index in [-0.39, 0.29) is 0 Å². The Morgan fingerprint density at radius 3 is 2.39 bits per heavy atom. The molecule has 2 saturated heterocycles. The van der Waals surface area contributed by atoms with Crippen molar-refractivity contribution < 1.29 is 4.79 Å². The van der Waals surface area contributed by atoms with E-state index >= 15 is 0 Å². The van der Waals surface area contributed by atoms with Crippen LogP contribution in [-0.2, 0) is 4.79 Å². The molecule has 0 N–H and O–H groups in total. The smallest absolute Gasteiger partial charge is 0.225 e. The molecule has 1 aliphatic carbocycles. The standard InChI is InChI=1S/C29H38N6O/c1-21(2)34-13-12-31(3)28(20-34)23-6-4-22(5-7-23)25-18-27-26(10-11-30-35(27)19-25)32-14-16-33(17-15-32)29(36)24-8-9-24/h4-7,10-11,18-19,21,24,28H,8-9,12-17,20H2,1-3H3. The Hall–Kier alpha value is -2.90. The second-order valence-electron chi connectivity index (χ2n) is 11.1. The van der Waals surface area contributed by atoms with E-state index in [0.29, 0.717) is 23.9 Å². The summed E-state index contributed by atoms with van der Waals surface area (Å²) in [5, 5.41) is 4.60. The summed E-state index contributed by atoms with van der Waals surface area (Å²) in [4.78, 5) is 22.0. The molecule has 1 amide bonds. The normalized spacial score (nSPS) is 22.1. The summed E-state index contributed by atoms with van der Waals surface area (Å²) < 4.78 is 2.00. The molecule has 36 heavy (non-hydrogen) atoms. The largest absolute Gasteiger partial charge is 0.366 e. The summed E-state index contributed by atoms with van der Waals surface area (Å²) >= 11 is 0. The Balaban J connectivity index is 1.20. The van der Waals surface area contributed by atoms with Gasteiger partial charge in [-0.1, -0.05) is 24.3 Å². The minimum absolute atomic E-state index is 0.302. The Morgan fingerprint density at radius 1 is 0.944 bits per heavy atom. The average molecular weight is 487 g/mol. The number of benzene rings is 1. The lowest BCUT2D eigenvalue weighted by Gasteiger charge is -2.41. The van der Waals surface area contributed by atoms with Crippen LogP contribution in [0.15, 0.2) is 48.8 Å². The van der Waals surface area contributed by atoms with Crippen LogP contribution in [0.4, 0.5) is 5.69 Å². The molecule has 2 aliphatic heterocycles. The van der Waals surface area contributed by atoms with Crippen LogP contribution in [-0.4, -0.2) is 89.1 Å². The lowest BCUT2D eigenvalue weighted by Crippen LogP contribution is -2.49. The molecule has 3 fully saturated rings. The number of anilines is 1. The summed E-state index contributed by atoms with van der Waals surface area (Å²) in [5.41, 5.74) is 6.11. The monoisotopic (exact) mass is 486 g/mol. The number of rotatable bonds is 5. The van der Waals surface area contributed by atoms with Gasteiger partial charge in [0.25, 0.3) is 0 Å². The third-order valence-corrected chi connectivity index (χ3v) is 8.38. The molecule has 190 valence electrons. The highest BCUT2D eigenvalue weighted by molar-refractivity contribution is 5.82.